The zero-order valence-corrected chi connectivity index (χ0v) is 24.3. The van der Waals surface area contributed by atoms with Crippen LogP contribution in [0.5, 0.6) is 0 Å². The quantitative estimate of drug-likeness (QED) is 0.219. The third-order valence-electron chi connectivity index (χ3n) is 7.94. The molecule has 2 heterocycles. The summed E-state index contributed by atoms with van der Waals surface area (Å²) in [6.45, 7) is 4.80. The van der Waals surface area contributed by atoms with E-state index in [1.165, 1.54) is 21.9 Å². The molecule has 10 nitrogen and oxygen atoms in total. The first-order valence-corrected chi connectivity index (χ1v) is 14.5. The highest BCUT2D eigenvalue weighted by atomic mass is 19.4. The van der Waals surface area contributed by atoms with Crippen molar-refractivity contribution in [1.29, 1.82) is 0 Å². The van der Waals surface area contributed by atoms with Crippen molar-refractivity contribution < 1.29 is 35.9 Å². The summed E-state index contributed by atoms with van der Waals surface area (Å²) >= 11 is 0. The molecule has 0 saturated heterocycles. The Balaban J connectivity index is 1.59. The lowest BCUT2D eigenvalue weighted by Gasteiger charge is -2.33. The summed E-state index contributed by atoms with van der Waals surface area (Å²) in [5, 5.41) is 13.5. The zero-order chi connectivity index (χ0) is 32.1. The van der Waals surface area contributed by atoms with Crippen LogP contribution in [0.1, 0.15) is 92.9 Å². The molecule has 2 N–H and O–H groups in total. The van der Waals surface area contributed by atoms with Gasteiger partial charge in [0.1, 0.15) is 6.33 Å². The number of carbonyl (C=O) groups is 2. The second kappa shape index (κ2) is 13.9. The van der Waals surface area contributed by atoms with Gasteiger partial charge in [-0.05, 0) is 62.5 Å². The molecule has 44 heavy (non-hydrogen) atoms. The molecule has 0 bridgehead atoms. The highest BCUT2D eigenvalue weighted by Crippen LogP contribution is 2.42. The molecule has 16 heteroatoms. The number of halogens is 6. The van der Waals surface area contributed by atoms with Gasteiger partial charge in [-0.2, -0.15) is 23.4 Å². The van der Waals surface area contributed by atoms with Crippen molar-refractivity contribution in [3.8, 4) is 0 Å². The van der Waals surface area contributed by atoms with Gasteiger partial charge in [-0.25, -0.2) is 28.1 Å². The van der Waals surface area contributed by atoms with E-state index in [9.17, 15) is 35.9 Å². The van der Waals surface area contributed by atoms with E-state index in [1.807, 2.05) is 0 Å². The van der Waals surface area contributed by atoms with Gasteiger partial charge in [0.15, 0.2) is 5.82 Å². The molecular formula is C28H36F6N8O2. The number of nitrogens with zero attached hydrogens (tertiary/aromatic N) is 6. The average molecular weight is 631 g/mol. The predicted molar refractivity (Wildman–Crippen MR) is 148 cm³/mol. The van der Waals surface area contributed by atoms with E-state index in [0.717, 1.165) is 12.8 Å². The van der Waals surface area contributed by atoms with Gasteiger partial charge >= 0.3 is 6.18 Å². The van der Waals surface area contributed by atoms with Crippen molar-refractivity contribution in [2.24, 2.45) is 16.9 Å². The van der Waals surface area contributed by atoms with E-state index in [4.69, 9.17) is 0 Å². The lowest BCUT2D eigenvalue weighted by Crippen LogP contribution is -2.38. The van der Waals surface area contributed by atoms with Crippen LogP contribution in [0.2, 0.25) is 0 Å². The standard InChI is InChI=1S/C28H36F6N8O2/c1-17(23(18-4-5-18)39-22(43)8-11-28(32,33)34)14-21-38-20(15-42(21)35-2)24(19-6-9-27(30,31)10-7-19)40-26(44)25-36-16-37-41(25)13-3-12-29/h14-16,18-19,23-24H,2-13H2,1H3,(H,39,43)(H,40,44)/b17-14+/t23-,24-/m0/s1. The smallest absolute Gasteiger partial charge is 0.349 e. The number of hydrogen-bond acceptors (Lipinski definition) is 6. The number of imidazole rings is 1. The second-order valence-corrected chi connectivity index (χ2v) is 11.4. The fourth-order valence-electron chi connectivity index (χ4n) is 5.44. The predicted octanol–water partition coefficient (Wildman–Crippen LogP) is 5.24. The molecule has 0 spiro atoms. The van der Waals surface area contributed by atoms with Gasteiger partial charge in [0.05, 0.1) is 37.1 Å². The number of carbonyl (C=O) groups excluding carboxylic acids is 2. The minimum Gasteiger partial charge on any atom is -0.349 e. The molecule has 4 rings (SSSR count). The maximum absolute atomic E-state index is 14.0. The Morgan fingerprint density at radius 2 is 1.89 bits per heavy atom. The van der Waals surface area contributed by atoms with Gasteiger partial charge in [-0.3, -0.25) is 14.0 Å². The Hall–Kier alpha value is -3.72. The van der Waals surface area contributed by atoms with E-state index in [2.05, 4.69) is 37.5 Å². The number of alkyl halides is 6. The SMILES string of the molecule is C=Nn1cc([C@@H](NC(=O)c2ncnn2CCCF)C2CCC(F)(F)CC2)nc1/C=C(\C)[C@H](NC(=O)CCC(F)(F)F)C1CC1. The van der Waals surface area contributed by atoms with Crippen molar-refractivity contribution in [2.45, 2.75) is 95.4 Å². The van der Waals surface area contributed by atoms with E-state index in [0.29, 0.717) is 11.3 Å². The molecule has 2 saturated carbocycles. The van der Waals surface area contributed by atoms with Crippen molar-refractivity contribution in [3.05, 3.63) is 35.4 Å². The van der Waals surface area contributed by atoms with Gasteiger partial charge < -0.3 is 10.6 Å². The molecule has 2 aliphatic carbocycles. The molecule has 0 aromatic carbocycles. The summed E-state index contributed by atoms with van der Waals surface area (Å²) in [5.41, 5.74) is 0.959. The Labute approximate surface area is 250 Å². The summed E-state index contributed by atoms with van der Waals surface area (Å²) in [7, 11) is 0. The van der Waals surface area contributed by atoms with Crippen LogP contribution in [0.25, 0.3) is 6.08 Å². The minimum absolute atomic E-state index is 0.0598. The zero-order valence-electron chi connectivity index (χ0n) is 24.3. The summed E-state index contributed by atoms with van der Waals surface area (Å²) in [5.74, 6) is -4.29. The van der Waals surface area contributed by atoms with E-state index in [1.54, 1.807) is 13.0 Å². The lowest BCUT2D eigenvalue weighted by atomic mass is 9.81. The fraction of sp³-hybridized carbons (Fsp3) is 0.643. The average Bonchev–Trinajstić information content (AvgIpc) is 3.55. The summed E-state index contributed by atoms with van der Waals surface area (Å²) in [6.07, 6.45) is -0.815. The Morgan fingerprint density at radius 1 is 1.18 bits per heavy atom. The van der Waals surface area contributed by atoms with Gasteiger partial charge in [-0.15, -0.1) is 0 Å². The molecule has 242 valence electrons. The van der Waals surface area contributed by atoms with Gasteiger partial charge in [-0.1, -0.05) is 0 Å². The van der Waals surface area contributed by atoms with Crippen LogP contribution in [-0.2, 0) is 11.3 Å². The first-order valence-electron chi connectivity index (χ1n) is 14.5. The number of aromatic nitrogens is 5. The van der Waals surface area contributed by atoms with E-state index >= 15 is 0 Å². The molecule has 2 aromatic heterocycles. The number of amides is 2. The fourth-order valence-corrected chi connectivity index (χ4v) is 5.44. The molecule has 2 aromatic rings. The highest BCUT2D eigenvalue weighted by Gasteiger charge is 2.40. The molecule has 2 aliphatic rings. The molecule has 2 amide bonds. The maximum Gasteiger partial charge on any atom is 0.389 e. The van der Waals surface area contributed by atoms with Crippen LogP contribution >= 0.6 is 0 Å². The van der Waals surface area contributed by atoms with Crippen molar-refractivity contribution >= 4 is 24.6 Å². The molecule has 0 unspecified atom stereocenters. The number of aryl methyl sites for hydroxylation is 1. The van der Waals surface area contributed by atoms with Gasteiger partial charge in [0.2, 0.25) is 17.7 Å². The first-order chi connectivity index (χ1) is 20.8. The monoisotopic (exact) mass is 630 g/mol. The molecule has 0 radical (unpaired) electrons. The van der Waals surface area contributed by atoms with Crippen molar-refractivity contribution in [3.63, 3.8) is 0 Å². The van der Waals surface area contributed by atoms with Crippen LogP contribution in [0.15, 0.2) is 23.2 Å². The van der Waals surface area contributed by atoms with Crippen LogP contribution in [0.3, 0.4) is 0 Å². The Kier molecular flexibility index (Phi) is 10.5. The topological polar surface area (TPSA) is 119 Å². The maximum atomic E-state index is 14.0. The summed E-state index contributed by atoms with van der Waals surface area (Å²) in [6, 6.07) is -1.33. The minimum atomic E-state index is -4.45. The lowest BCUT2D eigenvalue weighted by molar-refractivity contribution is -0.144. The van der Waals surface area contributed by atoms with Crippen molar-refractivity contribution in [2.75, 3.05) is 6.67 Å². The third kappa shape index (κ3) is 8.91. The summed E-state index contributed by atoms with van der Waals surface area (Å²) < 4.78 is 81.3. The van der Waals surface area contributed by atoms with E-state index < -0.39 is 61.4 Å². The van der Waals surface area contributed by atoms with Crippen molar-refractivity contribution in [1.82, 2.24) is 35.1 Å². The second-order valence-electron chi connectivity index (χ2n) is 11.4. The first kappa shape index (κ1) is 33.2. The summed E-state index contributed by atoms with van der Waals surface area (Å²) in [4.78, 5) is 34.2. The Morgan fingerprint density at radius 3 is 2.50 bits per heavy atom. The molecule has 0 aliphatic heterocycles. The Bertz CT molecular complexity index is 1340. The largest absolute Gasteiger partial charge is 0.389 e. The van der Waals surface area contributed by atoms with Crippen LogP contribution in [0, 0.1) is 11.8 Å². The number of hydrogen-bond donors (Lipinski definition) is 2. The molecule has 2 fully saturated rings. The normalized spacial score (nSPS) is 18.9. The van der Waals surface area contributed by atoms with Gasteiger partial charge in [0.25, 0.3) is 5.91 Å². The van der Waals surface area contributed by atoms with Crippen LogP contribution in [0.4, 0.5) is 26.3 Å². The van der Waals surface area contributed by atoms with Crippen LogP contribution in [-0.4, -0.2) is 67.8 Å². The molecular weight excluding hydrogens is 594 g/mol. The third-order valence-corrected chi connectivity index (χ3v) is 7.94. The van der Waals surface area contributed by atoms with Crippen LogP contribution < -0.4 is 10.6 Å². The molecule has 2 atom stereocenters. The highest BCUT2D eigenvalue weighted by molar-refractivity contribution is 5.90. The van der Waals surface area contributed by atoms with E-state index in [-0.39, 0.29) is 56.2 Å². The number of rotatable bonds is 14. The van der Waals surface area contributed by atoms with Gasteiger partial charge in [0, 0.05) is 32.5 Å². The number of nitrogens with one attached hydrogen (secondary N) is 2.